The molecule has 0 aromatic heterocycles. The predicted molar refractivity (Wildman–Crippen MR) is 134 cm³/mol. The molecule has 0 aliphatic rings. The van der Waals surface area contributed by atoms with Crippen molar-refractivity contribution in [1.82, 2.24) is 0 Å². The zero-order chi connectivity index (χ0) is 23.9. The number of ketones is 1. The topological polar surface area (TPSA) is 72.8 Å². The molecule has 33 heavy (non-hydrogen) atoms. The molecular formula is C26H29O5PS. The zero-order valence-corrected chi connectivity index (χ0v) is 20.6. The summed E-state index contributed by atoms with van der Waals surface area (Å²) < 4.78 is 22.4. The summed E-state index contributed by atoms with van der Waals surface area (Å²) in [7, 11) is -3.13. The molecular weight excluding hydrogens is 455 g/mol. The molecule has 0 bridgehead atoms. The summed E-state index contributed by atoms with van der Waals surface area (Å²) in [6.07, 6.45) is 0. The van der Waals surface area contributed by atoms with Crippen LogP contribution in [-0.2, 0) is 24.2 Å². The van der Waals surface area contributed by atoms with E-state index in [4.69, 9.17) is 14.2 Å². The molecule has 2 unspecified atom stereocenters. The Bertz CT molecular complexity index is 961. The van der Waals surface area contributed by atoms with E-state index in [0.29, 0.717) is 0 Å². The Morgan fingerprint density at radius 3 is 1.64 bits per heavy atom. The molecule has 1 N–H and O–H groups in total. The number of ether oxygens (including phenoxy) is 1. The smallest absolute Gasteiger partial charge is 0.316 e. The summed E-state index contributed by atoms with van der Waals surface area (Å²) in [5.74, 6) is -0.225. The normalized spacial score (nSPS) is 13.9. The van der Waals surface area contributed by atoms with Gasteiger partial charge in [0.2, 0.25) is 0 Å². The van der Waals surface area contributed by atoms with Gasteiger partial charge in [-0.3, -0.25) is 9.36 Å². The van der Waals surface area contributed by atoms with Gasteiger partial charge in [0.15, 0.2) is 5.78 Å². The highest BCUT2D eigenvalue weighted by Gasteiger charge is 2.41. The summed E-state index contributed by atoms with van der Waals surface area (Å²) in [5, 5.41) is -0.843. The van der Waals surface area contributed by atoms with Crippen LogP contribution < -0.4 is 0 Å². The highest BCUT2D eigenvalue weighted by atomic mass is 32.1. The second-order valence-electron chi connectivity index (χ2n) is 8.41. The summed E-state index contributed by atoms with van der Waals surface area (Å²) in [5.41, 5.74) is 0.950. The van der Waals surface area contributed by atoms with Crippen LogP contribution in [0.3, 0.4) is 0 Å². The minimum absolute atomic E-state index is 0.0931. The Hall–Kier alpha value is -2.21. The first-order valence-corrected chi connectivity index (χ1v) is 12.4. The summed E-state index contributed by atoms with van der Waals surface area (Å²) in [4.78, 5) is 22.0. The molecule has 0 amide bonds. The van der Waals surface area contributed by atoms with Crippen LogP contribution in [0.25, 0.3) is 0 Å². The van der Waals surface area contributed by atoms with E-state index in [1.807, 2.05) is 91.0 Å². The van der Waals surface area contributed by atoms with Crippen LogP contribution >= 0.6 is 20.9 Å². The van der Waals surface area contributed by atoms with Crippen LogP contribution in [0.1, 0.15) is 30.5 Å². The van der Waals surface area contributed by atoms with E-state index in [9.17, 15) is 9.36 Å². The van der Waals surface area contributed by atoms with E-state index in [1.54, 1.807) is 13.8 Å². The molecule has 0 fully saturated rings. The van der Waals surface area contributed by atoms with Crippen LogP contribution in [0.15, 0.2) is 91.0 Å². The summed E-state index contributed by atoms with van der Waals surface area (Å²) in [6.45, 7) is 3.43. The number of benzene rings is 3. The Morgan fingerprint density at radius 1 is 0.879 bits per heavy atom. The first-order valence-electron chi connectivity index (χ1n) is 10.7. The van der Waals surface area contributed by atoms with E-state index in [2.05, 4.69) is 12.6 Å². The SMILES string of the molecule is CC(C)(COC(c1ccccc1)(c1ccccc1)c1ccccc1)C(=O)C(S)CO[PH](=O)O. The number of carbonyl (C=O) groups is 1. The molecule has 3 aromatic carbocycles. The van der Waals surface area contributed by atoms with E-state index >= 15 is 0 Å². The lowest BCUT2D eigenvalue weighted by Crippen LogP contribution is -2.42. The lowest BCUT2D eigenvalue weighted by molar-refractivity contribution is -0.133. The van der Waals surface area contributed by atoms with Gasteiger partial charge in [0, 0.05) is 5.41 Å². The number of rotatable bonds is 11. The van der Waals surface area contributed by atoms with Gasteiger partial charge in [0.25, 0.3) is 0 Å². The highest BCUT2D eigenvalue weighted by molar-refractivity contribution is 7.81. The zero-order valence-electron chi connectivity index (χ0n) is 18.7. The summed E-state index contributed by atoms with van der Waals surface area (Å²) in [6, 6.07) is 29.8. The Labute approximate surface area is 201 Å². The molecule has 2 atom stereocenters. The first-order chi connectivity index (χ1) is 15.8. The van der Waals surface area contributed by atoms with Crippen molar-refractivity contribution in [3.05, 3.63) is 108 Å². The number of hydrogen-bond acceptors (Lipinski definition) is 5. The minimum Gasteiger partial charge on any atom is -0.360 e. The van der Waals surface area contributed by atoms with Crippen molar-refractivity contribution < 1.29 is 23.5 Å². The lowest BCUT2D eigenvalue weighted by Gasteiger charge is -2.38. The third kappa shape index (κ3) is 6.03. The summed E-state index contributed by atoms with van der Waals surface area (Å²) >= 11 is 4.30. The molecule has 0 aliphatic carbocycles. The van der Waals surface area contributed by atoms with E-state index in [-0.39, 0.29) is 19.0 Å². The van der Waals surface area contributed by atoms with Crippen molar-refractivity contribution in [2.24, 2.45) is 5.41 Å². The van der Waals surface area contributed by atoms with Gasteiger partial charge < -0.3 is 14.2 Å². The third-order valence-electron chi connectivity index (χ3n) is 5.52. The van der Waals surface area contributed by atoms with E-state index < -0.39 is 24.5 Å². The van der Waals surface area contributed by atoms with Crippen molar-refractivity contribution in [2.45, 2.75) is 24.7 Å². The molecule has 0 heterocycles. The van der Waals surface area contributed by atoms with Gasteiger partial charge in [-0.1, -0.05) is 105 Å². The first kappa shape index (κ1) is 25.4. The maximum absolute atomic E-state index is 13.1. The minimum atomic E-state index is -3.13. The van der Waals surface area contributed by atoms with Gasteiger partial charge in [-0.15, -0.1) is 0 Å². The van der Waals surface area contributed by atoms with E-state index in [0.717, 1.165) is 16.7 Å². The van der Waals surface area contributed by atoms with Crippen LogP contribution in [0.4, 0.5) is 0 Å². The van der Waals surface area contributed by atoms with Gasteiger partial charge in [-0.2, -0.15) is 12.6 Å². The molecule has 3 aromatic rings. The fourth-order valence-corrected chi connectivity index (χ4v) is 4.68. The number of thiol groups is 1. The highest BCUT2D eigenvalue weighted by Crippen LogP contribution is 2.42. The molecule has 174 valence electrons. The number of carbonyl (C=O) groups excluding carboxylic acids is 1. The molecule has 0 saturated carbocycles. The lowest BCUT2D eigenvalue weighted by atomic mass is 9.79. The molecule has 7 heteroatoms. The Balaban J connectivity index is 2.02. The maximum Gasteiger partial charge on any atom is 0.316 e. The Kier molecular flexibility index (Phi) is 8.69. The quantitative estimate of drug-likeness (QED) is 0.220. The van der Waals surface area contributed by atoms with Crippen molar-refractivity contribution in [1.29, 1.82) is 0 Å². The fraction of sp³-hybridized carbons (Fsp3) is 0.269. The van der Waals surface area contributed by atoms with Crippen molar-refractivity contribution in [3.8, 4) is 0 Å². The predicted octanol–water partition coefficient (Wildman–Crippen LogP) is 5.29. The average Bonchev–Trinajstić information content (AvgIpc) is 2.84. The van der Waals surface area contributed by atoms with E-state index in [1.165, 1.54) is 0 Å². The van der Waals surface area contributed by atoms with Crippen molar-refractivity contribution >= 4 is 26.7 Å². The Morgan fingerprint density at radius 2 is 1.27 bits per heavy atom. The number of Topliss-reactive ketones (excluding diaryl/α,β-unsaturated/α-hetero) is 1. The average molecular weight is 485 g/mol. The fourth-order valence-electron chi connectivity index (χ4n) is 3.81. The standard InChI is InChI=1S/C26H29O5PS/c1-25(2,24(27)23(33)18-31-32(28)29)19-30-26(20-12-6-3-7-13-20,21-14-8-4-9-15-21)22-16-10-5-11-17-22/h3-17,23,32-33H,18-19H2,1-2H3,(H,28,29). The molecule has 0 saturated heterocycles. The van der Waals surface area contributed by atoms with Crippen LogP contribution in [-0.4, -0.2) is 29.1 Å². The van der Waals surface area contributed by atoms with Crippen LogP contribution in [0.2, 0.25) is 0 Å². The maximum atomic E-state index is 13.1. The second-order valence-corrected chi connectivity index (χ2v) is 9.85. The molecule has 0 radical (unpaired) electrons. The largest absolute Gasteiger partial charge is 0.360 e. The van der Waals surface area contributed by atoms with Gasteiger partial charge in [0.05, 0.1) is 18.5 Å². The van der Waals surface area contributed by atoms with Crippen LogP contribution in [0, 0.1) is 5.41 Å². The molecule has 3 rings (SSSR count). The van der Waals surface area contributed by atoms with Crippen LogP contribution in [0.5, 0.6) is 0 Å². The number of hydrogen-bond donors (Lipinski definition) is 2. The molecule has 5 nitrogen and oxygen atoms in total. The van der Waals surface area contributed by atoms with Crippen molar-refractivity contribution in [2.75, 3.05) is 13.2 Å². The molecule has 0 aliphatic heterocycles. The van der Waals surface area contributed by atoms with Gasteiger partial charge in [-0.25, -0.2) is 0 Å². The second kappa shape index (κ2) is 11.3. The van der Waals surface area contributed by atoms with Crippen molar-refractivity contribution in [3.63, 3.8) is 0 Å². The van der Waals surface area contributed by atoms with Gasteiger partial charge in [-0.05, 0) is 16.7 Å². The molecule has 0 spiro atoms. The van der Waals surface area contributed by atoms with Gasteiger partial charge >= 0.3 is 8.25 Å². The third-order valence-corrected chi connectivity index (χ3v) is 6.32. The van der Waals surface area contributed by atoms with Gasteiger partial charge in [0.1, 0.15) is 5.60 Å². The monoisotopic (exact) mass is 484 g/mol.